The minimum Gasteiger partial charge on any atom is -0.355 e. The number of nitrogens with one attached hydrogen (secondary N) is 1. The molecule has 0 atom stereocenters. The number of hydrogen-bond acceptors (Lipinski definition) is 3. The van der Waals surface area contributed by atoms with Crippen molar-refractivity contribution in [1.29, 1.82) is 0 Å². The maximum atomic E-state index is 11.8. The summed E-state index contributed by atoms with van der Waals surface area (Å²) in [5.41, 5.74) is 5.13. The van der Waals surface area contributed by atoms with Gasteiger partial charge < -0.3 is 16.0 Å². The van der Waals surface area contributed by atoms with Gasteiger partial charge in [0, 0.05) is 13.1 Å². The molecule has 0 saturated carbocycles. The second-order valence-corrected chi connectivity index (χ2v) is 5.54. The lowest BCUT2D eigenvalue weighted by Gasteiger charge is -2.30. The van der Waals surface area contributed by atoms with Crippen molar-refractivity contribution in [2.45, 2.75) is 26.7 Å². The Kier molecular flexibility index (Phi) is 4.74. The summed E-state index contributed by atoms with van der Waals surface area (Å²) in [6.07, 6.45) is 2.36. The topological polar surface area (TPSA) is 58.4 Å². The van der Waals surface area contributed by atoms with Gasteiger partial charge in [-0.2, -0.15) is 0 Å². The Morgan fingerprint density at radius 2 is 2.00 bits per heavy atom. The van der Waals surface area contributed by atoms with Crippen LogP contribution in [0.2, 0.25) is 0 Å². The quantitative estimate of drug-likeness (QED) is 0.732. The van der Waals surface area contributed by atoms with Crippen molar-refractivity contribution >= 4 is 5.91 Å². The summed E-state index contributed by atoms with van der Waals surface area (Å²) in [4.78, 5) is 14.1. The van der Waals surface area contributed by atoms with Crippen molar-refractivity contribution in [2.24, 2.45) is 17.1 Å². The summed E-state index contributed by atoms with van der Waals surface area (Å²) < 4.78 is 0. The first-order valence-electron chi connectivity index (χ1n) is 6.12. The zero-order valence-corrected chi connectivity index (χ0v) is 10.8. The van der Waals surface area contributed by atoms with E-state index >= 15 is 0 Å². The van der Waals surface area contributed by atoms with Crippen LogP contribution < -0.4 is 11.1 Å². The first kappa shape index (κ1) is 13.5. The van der Waals surface area contributed by atoms with Crippen molar-refractivity contribution in [3.8, 4) is 0 Å². The maximum Gasteiger partial charge on any atom is 0.226 e. The van der Waals surface area contributed by atoms with Crippen LogP contribution in [-0.4, -0.2) is 44.0 Å². The summed E-state index contributed by atoms with van der Waals surface area (Å²) in [7, 11) is 2.15. The number of piperidine rings is 1. The van der Waals surface area contributed by atoms with Crippen LogP contribution >= 0.6 is 0 Å². The predicted octanol–water partition coefficient (Wildman–Crippen LogP) is 0.429. The SMILES string of the molecule is CN1CCC(CNC(=O)C(C)(C)CN)CC1. The molecule has 0 aliphatic carbocycles. The number of nitrogens with two attached hydrogens (primary N) is 1. The van der Waals surface area contributed by atoms with E-state index in [2.05, 4.69) is 17.3 Å². The minimum absolute atomic E-state index is 0.0777. The van der Waals surface area contributed by atoms with Gasteiger partial charge in [0.15, 0.2) is 0 Å². The molecule has 4 heteroatoms. The summed E-state index contributed by atoms with van der Waals surface area (Å²) >= 11 is 0. The Morgan fingerprint density at radius 3 is 2.50 bits per heavy atom. The normalized spacial score (nSPS) is 19.8. The number of likely N-dealkylation sites (tertiary alicyclic amines) is 1. The van der Waals surface area contributed by atoms with E-state index in [1.807, 2.05) is 13.8 Å². The van der Waals surface area contributed by atoms with Gasteiger partial charge >= 0.3 is 0 Å². The molecule has 94 valence electrons. The first-order chi connectivity index (χ1) is 7.45. The van der Waals surface area contributed by atoms with Gasteiger partial charge in [-0.3, -0.25) is 4.79 Å². The smallest absolute Gasteiger partial charge is 0.226 e. The molecule has 0 aromatic heterocycles. The van der Waals surface area contributed by atoms with Gasteiger partial charge in [0.1, 0.15) is 0 Å². The second kappa shape index (κ2) is 5.64. The summed E-state index contributed by atoms with van der Waals surface area (Å²) in [6.45, 7) is 7.25. The molecule has 1 aliphatic heterocycles. The van der Waals surface area contributed by atoms with Crippen LogP contribution in [-0.2, 0) is 4.79 Å². The minimum atomic E-state index is -0.439. The number of carbonyl (C=O) groups excluding carboxylic acids is 1. The zero-order valence-electron chi connectivity index (χ0n) is 10.8. The average molecular weight is 227 g/mol. The standard InChI is InChI=1S/C12H25N3O/c1-12(2,9-13)11(16)14-8-10-4-6-15(3)7-5-10/h10H,4-9,13H2,1-3H3,(H,14,16). The van der Waals surface area contributed by atoms with Crippen molar-refractivity contribution in [3.05, 3.63) is 0 Å². The largest absolute Gasteiger partial charge is 0.355 e. The summed E-state index contributed by atoms with van der Waals surface area (Å²) in [6, 6.07) is 0. The third-order valence-electron chi connectivity index (χ3n) is 3.51. The van der Waals surface area contributed by atoms with Gasteiger partial charge in [-0.1, -0.05) is 0 Å². The van der Waals surface area contributed by atoms with Gasteiger partial charge in [0.25, 0.3) is 0 Å². The molecule has 4 nitrogen and oxygen atoms in total. The molecule has 1 rings (SSSR count). The average Bonchev–Trinajstić information content (AvgIpc) is 2.28. The van der Waals surface area contributed by atoms with Gasteiger partial charge in [0.2, 0.25) is 5.91 Å². The molecule has 1 amide bonds. The van der Waals surface area contributed by atoms with E-state index in [1.165, 1.54) is 12.8 Å². The van der Waals surface area contributed by atoms with E-state index in [0.29, 0.717) is 12.5 Å². The van der Waals surface area contributed by atoms with E-state index in [4.69, 9.17) is 5.73 Å². The summed E-state index contributed by atoms with van der Waals surface area (Å²) in [5, 5.41) is 3.02. The Balaban J connectivity index is 2.27. The third kappa shape index (κ3) is 3.76. The zero-order chi connectivity index (χ0) is 12.2. The maximum absolute atomic E-state index is 11.8. The molecule has 3 N–H and O–H groups in total. The van der Waals surface area contributed by atoms with E-state index in [9.17, 15) is 4.79 Å². The summed E-state index contributed by atoms with van der Waals surface area (Å²) in [5.74, 6) is 0.711. The van der Waals surface area contributed by atoms with Crippen molar-refractivity contribution in [1.82, 2.24) is 10.2 Å². The van der Waals surface area contributed by atoms with Crippen LogP contribution in [0.4, 0.5) is 0 Å². The highest BCUT2D eigenvalue weighted by molar-refractivity contribution is 5.81. The lowest BCUT2D eigenvalue weighted by atomic mass is 9.91. The second-order valence-electron chi connectivity index (χ2n) is 5.54. The van der Waals surface area contributed by atoms with Gasteiger partial charge in [-0.05, 0) is 52.7 Å². The highest BCUT2D eigenvalue weighted by Gasteiger charge is 2.26. The molecular weight excluding hydrogens is 202 g/mol. The van der Waals surface area contributed by atoms with Crippen LogP contribution in [0, 0.1) is 11.3 Å². The highest BCUT2D eigenvalue weighted by Crippen LogP contribution is 2.16. The molecular formula is C12H25N3O. The third-order valence-corrected chi connectivity index (χ3v) is 3.51. The number of hydrogen-bond donors (Lipinski definition) is 2. The van der Waals surface area contributed by atoms with Crippen LogP contribution in [0.5, 0.6) is 0 Å². The van der Waals surface area contributed by atoms with E-state index < -0.39 is 5.41 Å². The molecule has 1 heterocycles. The fourth-order valence-corrected chi connectivity index (χ4v) is 1.84. The number of carbonyl (C=O) groups is 1. The molecule has 0 aromatic carbocycles. The molecule has 0 radical (unpaired) electrons. The van der Waals surface area contributed by atoms with Gasteiger partial charge in [-0.15, -0.1) is 0 Å². The Hall–Kier alpha value is -0.610. The number of nitrogens with zero attached hydrogens (tertiary/aromatic N) is 1. The fraction of sp³-hybridized carbons (Fsp3) is 0.917. The van der Waals surface area contributed by atoms with Crippen LogP contribution in [0.15, 0.2) is 0 Å². The Morgan fingerprint density at radius 1 is 1.44 bits per heavy atom. The molecule has 1 fully saturated rings. The van der Waals surface area contributed by atoms with Crippen LogP contribution in [0.1, 0.15) is 26.7 Å². The van der Waals surface area contributed by atoms with Gasteiger partial charge in [-0.25, -0.2) is 0 Å². The number of rotatable bonds is 4. The molecule has 16 heavy (non-hydrogen) atoms. The number of amides is 1. The molecule has 0 aromatic rings. The van der Waals surface area contributed by atoms with Gasteiger partial charge in [0.05, 0.1) is 5.41 Å². The molecule has 0 spiro atoms. The van der Waals surface area contributed by atoms with E-state index in [-0.39, 0.29) is 5.91 Å². The van der Waals surface area contributed by atoms with Crippen molar-refractivity contribution in [3.63, 3.8) is 0 Å². The molecule has 1 saturated heterocycles. The first-order valence-corrected chi connectivity index (χ1v) is 6.12. The Bertz CT molecular complexity index is 232. The highest BCUT2D eigenvalue weighted by atomic mass is 16.2. The van der Waals surface area contributed by atoms with Crippen molar-refractivity contribution in [2.75, 3.05) is 33.2 Å². The van der Waals surface area contributed by atoms with Crippen molar-refractivity contribution < 1.29 is 4.79 Å². The lowest BCUT2D eigenvalue weighted by Crippen LogP contribution is -2.44. The molecule has 0 unspecified atom stereocenters. The van der Waals surface area contributed by atoms with E-state index in [0.717, 1.165) is 19.6 Å². The Labute approximate surface area is 98.6 Å². The molecule has 0 bridgehead atoms. The van der Waals surface area contributed by atoms with E-state index in [1.54, 1.807) is 0 Å². The fourth-order valence-electron chi connectivity index (χ4n) is 1.84. The van der Waals surface area contributed by atoms with Crippen LogP contribution in [0.3, 0.4) is 0 Å². The monoisotopic (exact) mass is 227 g/mol. The lowest BCUT2D eigenvalue weighted by molar-refractivity contribution is -0.129. The predicted molar refractivity (Wildman–Crippen MR) is 66.1 cm³/mol. The van der Waals surface area contributed by atoms with Crippen LogP contribution in [0.25, 0.3) is 0 Å². The molecule has 1 aliphatic rings.